The maximum Gasteiger partial charge on any atom is 0.345 e. The van der Waals surface area contributed by atoms with Gasteiger partial charge in [-0.1, -0.05) is 24.8 Å². The summed E-state index contributed by atoms with van der Waals surface area (Å²) in [7, 11) is 0. The summed E-state index contributed by atoms with van der Waals surface area (Å²) in [5, 5.41) is 11.6. The highest BCUT2D eigenvalue weighted by molar-refractivity contribution is 5.90. The fourth-order valence-electron chi connectivity index (χ4n) is 1.46. The number of nitrogens with zero attached hydrogens (tertiary/aromatic N) is 2. The molecule has 0 aliphatic rings. The number of ether oxygens (including phenoxy) is 1. The van der Waals surface area contributed by atoms with Crippen LogP contribution in [0.5, 0.6) is 5.88 Å². The molecule has 0 aliphatic heterocycles. The van der Waals surface area contributed by atoms with Crippen LogP contribution in [-0.4, -0.2) is 11.0 Å². The molecule has 0 amide bonds. The zero-order valence-corrected chi connectivity index (χ0v) is 10.4. The molecule has 0 radical (unpaired) electrons. The minimum absolute atomic E-state index is 0.0474. The van der Waals surface area contributed by atoms with E-state index in [0.717, 1.165) is 6.20 Å². The van der Waals surface area contributed by atoms with Crippen LogP contribution in [0.4, 0.5) is 0 Å². The molecule has 1 heterocycles. The van der Waals surface area contributed by atoms with E-state index in [4.69, 9.17) is 4.74 Å². The van der Waals surface area contributed by atoms with Gasteiger partial charge in [0.1, 0.15) is 6.20 Å². The van der Waals surface area contributed by atoms with Crippen molar-refractivity contribution in [2.45, 2.75) is 6.92 Å². The van der Waals surface area contributed by atoms with Crippen LogP contribution >= 0.6 is 0 Å². The number of carbonyl (C=O) groups excluding carboxylic acids is 1. The topological polar surface area (TPSA) is 66.1 Å². The number of allylic oxidation sites excluding steroid dienone is 1. The Balaban J connectivity index is 2.19. The maximum absolute atomic E-state index is 11.8. The van der Waals surface area contributed by atoms with Crippen LogP contribution in [0.15, 0.2) is 49.3 Å². The number of benzene rings is 1. The molecule has 96 valence electrons. The summed E-state index contributed by atoms with van der Waals surface area (Å²) in [6.45, 7) is 5.35. The van der Waals surface area contributed by atoms with Crippen LogP contribution in [0.25, 0.3) is 5.57 Å². The molecule has 0 atom stereocenters. The summed E-state index contributed by atoms with van der Waals surface area (Å²) in [5.74, 6) is -0.606. The summed E-state index contributed by atoms with van der Waals surface area (Å²) in [6.07, 6.45) is 2.42. The minimum Gasteiger partial charge on any atom is -0.618 e. The van der Waals surface area contributed by atoms with E-state index < -0.39 is 5.97 Å². The molecule has 0 saturated carbocycles. The van der Waals surface area contributed by atoms with E-state index in [-0.39, 0.29) is 5.88 Å². The van der Waals surface area contributed by atoms with Gasteiger partial charge in [0, 0.05) is 5.57 Å². The van der Waals surface area contributed by atoms with Crippen molar-refractivity contribution >= 4 is 11.5 Å². The van der Waals surface area contributed by atoms with E-state index in [1.165, 1.54) is 6.20 Å². The van der Waals surface area contributed by atoms with E-state index in [9.17, 15) is 10.0 Å². The zero-order valence-electron chi connectivity index (χ0n) is 10.4. The highest BCUT2D eigenvalue weighted by Crippen LogP contribution is 2.10. The molecule has 0 bridgehead atoms. The predicted molar refractivity (Wildman–Crippen MR) is 69.3 cm³/mol. The Kier molecular flexibility index (Phi) is 3.56. The highest BCUT2D eigenvalue weighted by Gasteiger charge is 2.13. The van der Waals surface area contributed by atoms with Crippen molar-refractivity contribution in [3.63, 3.8) is 0 Å². The first-order chi connectivity index (χ1) is 9.08. The van der Waals surface area contributed by atoms with Gasteiger partial charge in [-0.15, -0.1) is 0 Å². The second-order valence-corrected chi connectivity index (χ2v) is 3.97. The SMILES string of the molecule is C=C(C)c1cnc(OC(=O)c2ccccc2)c[n+]1[O-]. The van der Waals surface area contributed by atoms with Crippen molar-refractivity contribution in [3.8, 4) is 5.88 Å². The van der Waals surface area contributed by atoms with Gasteiger partial charge in [-0.3, -0.25) is 0 Å². The number of aromatic nitrogens is 2. The second kappa shape index (κ2) is 5.30. The fraction of sp³-hybridized carbons (Fsp3) is 0.0714. The van der Waals surface area contributed by atoms with Crippen LogP contribution in [-0.2, 0) is 0 Å². The third-order valence-corrected chi connectivity index (χ3v) is 2.42. The van der Waals surface area contributed by atoms with Gasteiger partial charge >= 0.3 is 5.97 Å². The monoisotopic (exact) mass is 256 g/mol. The molecule has 0 saturated heterocycles. The molecule has 2 aromatic rings. The third-order valence-electron chi connectivity index (χ3n) is 2.42. The van der Waals surface area contributed by atoms with Crippen molar-refractivity contribution in [1.29, 1.82) is 0 Å². The smallest absolute Gasteiger partial charge is 0.345 e. The Hall–Kier alpha value is -2.69. The summed E-state index contributed by atoms with van der Waals surface area (Å²) < 4.78 is 5.59. The van der Waals surface area contributed by atoms with Crippen molar-refractivity contribution < 1.29 is 14.3 Å². The maximum atomic E-state index is 11.8. The third kappa shape index (κ3) is 2.95. The van der Waals surface area contributed by atoms with E-state index in [1.54, 1.807) is 37.3 Å². The van der Waals surface area contributed by atoms with Gasteiger partial charge in [-0.25, -0.2) is 9.78 Å². The molecule has 1 aromatic heterocycles. The van der Waals surface area contributed by atoms with Gasteiger partial charge in [0.2, 0.25) is 11.9 Å². The standard InChI is InChI=1S/C14H12N2O3/c1-10(2)12-8-15-13(9-16(12)18)19-14(17)11-6-4-3-5-7-11/h3-9H,1H2,2H3. The largest absolute Gasteiger partial charge is 0.618 e. The quantitative estimate of drug-likeness (QED) is 0.478. The van der Waals surface area contributed by atoms with Gasteiger partial charge in [0.25, 0.3) is 5.88 Å². The number of carbonyl (C=O) groups is 1. The lowest BCUT2D eigenvalue weighted by Crippen LogP contribution is -2.31. The van der Waals surface area contributed by atoms with Crippen molar-refractivity contribution in [1.82, 2.24) is 4.98 Å². The van der Waals surface area contributed by atoms with E-state index >= 15 is 0 Å². The molecular weight excluding hydrogens is 244 g/mol. The summed E-state index contributed by atoms with van der Waals surface area (Å²) in [5.41, 5.74) is 1.31. The number of hydrogen-bond acceptors (Lipinski definition) is 4. The fourth-order valence-corrected chi connectivity index (χ4v) is 1.46. The Morgan fingerprint density at radius 2 is 2.05 bits per heavy atom. The van der Waals surface area contributed by atoms with Gasteiger partial charge in [-0.2, -0.15) is 4.73 Å². The van der Waals surface area contributed by atoms with Gasteiger partial charge in [0.15, 0.2) is 0 Å². The molecule has 0 N–H and O–H groups in total. The zero-order chi connectivity index (χ0) is 13.8. The van der Waals surface area contributed by atoms with E-state index in [2.05, 4.69) is 11.6 Å². The highest BCUT2D eigenvalue weighted by atomic mass is 16.5. The van der Waals surface area contributed by atoms with E-state index in [1.807, 2.05) is 0 Å². The molecule has 0 aliphatic carbocycles. The molecule has 2 rings (SSSR count). The normalized spacial score (nSPS) is 9.95. The molecular formula is C14H12N2O3. The summed E-state index contributed by atoms with van der Waals surface area (Å²) >= 11 is 0. The van der Waals surface area contributed by atoms with Crippen LogP contribution < -0.4 is 9.47 Å². The van der Waals surface area contributed by atoms with E-state index in [0.29, 0.717) is 21.6 Å². The number of esters is 1. The van der Waals surface area contributed by atoms with Gasteiger partial charge in [-0.05, 0) is 19.1 Å². The van der Waals surface area contributed by atoms with Crippen molar-refractivity contribution in [3.05, 3.63) is 65.8 Å². The Bertz CT molecular complexity index is 624. The van der Waals surface area contributed by atoms with Crippen molar-refractivity contribution in [2.75, 3.05) is 0 Å². The lowest BCUT2D eigenvalue weighted by atomic mass is 10.2. The Morgan fingerprint density at radius 1 is 1.37 bits per heavy atom. The average Bonchev–Trinajstić information content (AvgIpc) is 2.39. The Morgan fingerprint density at radius 3 is 2.63 bits per heavy atom. The van der Waals surface area contributed by atoms with Crippen molar-refractivity contribution in [2.24, 2.45) is 0 Å². The van der Waals surface area contributed by atoms with Gasteiger partial charge in [0.05, 0.1) is 5.56 Å². The first kappa shape index (κ1) is 12.8. The molecule has 5 nitrogen and oxygen atoms in total. The Labute approximate surface area is 110 Å². The minimum atomic E-state index is -0.559. The van der Waals surface area contributed by atoms with Crippen LogP contribution in [0, 0.1) is 5.21 Å². The molecule has 1 aromatic carbocycles. The number of hydrogen-bond donors (Lipinski definition) is 0. The summed E-state index contributed by atoms with van der Waals surface area (Å²) in [6, 6.07) is 8.48. The molecule has 0 unspecified atom stereocenters. The van der Waals surface area contributed by atoms with Crippen LogP contribution in [0.1, 0.15) is 23.0 Å². The molecule has 0 spiro atoms. The van der Waals surface area contributed by atoms with Crippen LogP contribution in [0.2, 0.25) is 0 Å². The lowest BCUT2D eigenvalue weighted by Gasteiger charge is -2.06. The number of rotatable bonds is 3. The molecule has 5 heteroatoms. The first-order valence-corrected chi connectivity index (χ1v) is 5.60. The average molecular weight is 256 g/mol. The van der Waals surface area contributed by atoms with Crippen LogP contribution in [0.3, 0.4) is 0 Å². The summed E-state index contributed by atoms with van der Waals surface area (Å²) in [4.78, 5) is 15.7. The first-order valence-electron chi connectivity index (χ1n) is 5.60. The lowest BCUT2D eigenvalue weighted by molar-refractivity contribution is -0.608. The predicted octanol–water partition coefficient (Wildman–Crippen LogP) is 1.97. The molecule has 0 fully saturated rings. The second-order valence-electron chi connectivity index (χ2n) is 3.97. The molecule has 19 heavy (non-hydrogen) atoms. The van der Waals surface area contributed by atoms with Gasteiger partial charge < -0.3 is 9.94 Å².